The Kier molecular flexibility index (Phi) is 3.00. The molecular formula is C8H14N4O. The maximum Gasteiger partial charge on any atom is 0.222 e. The molecule has 0 aromatic carbocycles. The highest BCUT2D eigenvalue weighted by Gasteiger charge is 2.06. The Morgan fingerprint density at radius 3 is 2.85 bits per heavy atom. The summed E-state index contributed by atoms with van der Waals surface area (Å²) in [6.45, 7) is 4.10. The first-order valence-electron chi connectivity index (χ1n) is 4.22. The van der Waals surface area contributed by atoms with Crippen LogP contribution < -0.4 is 5.32 Å². The minimum atomic E-state index is 0.00344. The van der Waals surface area contributed by atoms with Crippen LogP contribution in [0.4, 0.5) is 0 Å². The smallest absolute Gasteiger partial charge is 0.222 e. The maximum absolute atomic E-state index is 11.1. The fourth-order valence-corrected chi connectivity index (χ4v) is 0.835. The lowest BCUT2D eigenvalue weighted by Gasteiger charge is -2.04. The molecule has 0 unspecified atom stereocenters. The van der Waals surface area contributed by atoms with E-state index in [2.05, 4.69) is 15.4 Å². The van der Waals surface area contributed by atoms with Crippen LogP contribution in [0.15, 0.2) is 6.33 Å². The lowest BCUT2D eigenvalue weighted by molar-refractivity contribution is -0.124. The van der Waals surface area contributed by atoms with Gasteiger partial charge in [-0.25, -0.2) is 4.98 Å². The molecule has 72 valence electrons. The van der Waals surface area contributed by atoms with Crippen molar-refractivity contribution in [2.45, 2.75) is 20.4 Å². The predicted octanol–water partition coefficient (Wildman–Crippen LogP) is 0.0873. The third-order valence-electron chi connectivity index (χ3n) is 1.59. The SMILES string of the molecule is CC(C)C(=O)NCc1ncn(C)n1. The Balaban J connectivity index is 2.39. The standard InChI is InChI=1S/C8H14N4O/c1-6(2)8(13)9-4-7-10-5-12(3)11-7/h5-6H,4H2,1-3H3,(H,9,13). The lowest BCUT2D eigenvalue weighted by atomic mass is 10.2. The molecule has 5 heteroatoms. The van der Waals surface area contributed by atoms with Crippen molar-refractivity contribution in [3.63, 3.8) is 0 Å². The third-order valence-corrected chi connectivity index (χ3v) is 1.59. The molecule has 1 heterocycles. The number of nitrogens with zero attached hydrogens (tertiary/aromatic N) is 3. The van der Waals surface area contributed by atoms with Crippen LogP contribution in [0.1, 0.15) is 19.7 Å². The molecule has 0 radical (unpaired) electrons. The molecule has 0 aliphatic carbocycles. The first-order valence-corrected chi connectivity index (χ1v) is 4.22. The zero-order chi connectivity index (χ0) is 9.84. The summed E-state index contributed by atoms with van der Waals surface area (Å²) in [6.07, 6.45) is 1.61. The molecule has 0 aliphatic rings. The van der Waals surface area contributed by atoms with E-state index in [1.165, 1.54) is 0 Å². The average molecular weight is 182 g/mol. The van der Waals surface area contributed by atoms with Crippen LogP contribution in [-0.2, 0) is 18.4 Å². The zero-order valence-electron chi connectivity index (χ0n) is 8.11. The summed E-state index contributed by atoms with van der Waals surface area (Å²) < 4.78 is 1.61. The monoisotopic (exact) mass is 182 g/mol. The van der Waals surface area contributed by atoms with Crippen molar-refractivity contribution in [2.75, 3.05) is 0 Å². The summed E-state index contributed by atoms with van der Waals surface area (Å²) in [7, 11) is 1.79. The zero-order valence-corrected chi connectivity index (χ0v) is 8.11. The van der Waals surface area contributed by atoms with E-state index in [-0.39, 0.29) is 11.8 Å². The maximum atomic E-state index is 11.1. The topological polar surface area (TPSA) is 59.8 Å². The average Bonchev–Trinajstić information content (AvgIpc) is 2.47. The molecule has 0 fully saturated rings. The molecule has 0 spiro atoms. The van der Waals surface area contributed by atoms with Crippen LogP contribution in [-0.4, -0.2) is 20.7 Å². The van der Waals surface area contributed by atoms with Gasteiger partial charge in [0, 0.05) is 13.0 Å². The van der Waals surface area contributed by atoms with Gasteiger partial charge >= 0.3 is 0 Å². The van der Waals surface area contributed by atoms with E-state index < -0.39 is 0 Å². The molecule has 1 amide bonds. The van der Waals surface area contributed by atoms with Crippen molar-refractivity contribution in [3.05, 3.63) is 12.2 Å². The molecule has 13 heavy (non-hydrogen) atoms. The molecule has 1 rings (SSSR count). The number of carbonyl (C=O) groups excluding carboxylic acids is 1. The van der Waals surface area contributed by atoms with Crippen LogP contribution in [0.3, 0.4) is 0 Å². The Bertz CT molecular complexity index is 292. The van der Waals surface area contributed by atoms with Gasteiger partial charge in [-0.05, 0) is 0 Å². The highest BCUT2D eigenvalue weighted by Crippen LogP contribution is 1.92. The van der Waals surface area contributed by atoms with E-state index in [0.717, 1.165) is 0 Å². The predicted molar refractivity (Wildman–Crippen MR) is 47.7 cm³/mol. The van der Waals surface area contributed by atoms with Gasteiger partial charge in [-0.3, -0.25) is 9.48 Å². The van der Waals surface area contributed by atoms with Crippen molar-refractivity contribution in [3.8, 4) is 0 Å². The molecule has 1 aromatic rings. The van der Waals surface area contributed by atoms with Gasteiger partial charge in [0.05, 0.1) is 6.54 Å². The number of amides is 1. The molecule has 1 aromatic heterocycles. The Hall–Kier alpha value is -1.39. The molecular weight excluding hydrogens is 168 g/mol. The summed E-state index contributed by atoms with van der Waals surface area (Å²) in [4.78, 5) is 15.1. The molecule has 0 aliphatic heterocycles. The first-order chi connectivity index (χ1) is 6.09. The fourth-order valence-electron chi connectivity index (χ4n) is 0.835. The van der Waals surface area contributed by atoms with Crippen LogP contribution >= 0.6 is 0 Å². The van der Waals surface area contributed by atoms with Crippen LogP contribution in [0.2, 0.25) is 0 Å². The number of hydrogen-bond donors (Lipinski definition) is 1. The second-order valence-electron chi connectivity index (χ2n) is 3.21. The number of carbonyl (C=O) groups is 1. The molecule has 1 N–H and O–H groups in total. The molecule has 0 bridgehead atoms. The summed E-state index contributed by atoms with van der Waals surface area (Å²) in [5, 5.41) is 6.77. The Labute approximate surface area is 77.2 Å². The van der Waals surface area contributed by atoms with Crippen LogP contribution in [0.5, 0.6) is 0 Å². The Morgan fingerprint density at radius 2 is 2.38 bits per heavy atom. The number of aryl methyl sites for hydroxylation is 1. The van der Waals surface area contributed by atoms with E-state index in [9.17, 15) is 4.79 Å². The molecule has 0 atom stereocenters. The van der Waals surface area contributed by atoms with Crippen molar-refractivity contribution in [1.82, 2.24) is 20.1 Å². The highest BCUT2D eigenvalue weighted by molar-refractivity contribution is 5.77. The van der Waals surface area contributed by atoms with Gasteiger partial charge in [0.2, 0.25) is 5.91 Å². The summed E-state index contributed by atoms with van der Waals surface area (Å²) >= 11 is 0. The molecule has 5 nitrogen and oxygen atoms in total. The van der Waals surface area contributed by atoms with E-state index in [4.69, 9.17) is 0 Å². The summed E-state index contributed by atoms with van der Waals surface area (Å²) in [6, 6.07) is 0. The van der Waals surface area contributed by atoms with Gasteiger partial charge in [0.25, 0.3) is 0 Å². The third kappa shape index (κ3) is 2.85. The number of rotatable bonds is 3. The van der Waals surface area contributed by atoms with Gasteiger partial charge < -0.3 is 5.32 Å². The van der Waals surface area contributed by atoms with E-state index in [1.54, 1.807) is 18.1 Å². The van der Waals surface area contributed by atoms with Gasteiger partial charge in [0.15, 0.2) is 5.82 Å². The van der Waals surface area contributed by atoms with Gasteiger partial charge in [-0.2, -0.15) is 5.10 Å². The van der Waals surface area contributed by atoms with Crippen LogP contribution in [0.25, 0.3) is 0 Å². The summed E-state index contributed by atoms with van der Waals surface area (Å²) in [5.41, 5.74) is 0. The number of aromatic nitrogens is 3. The van der Waals surface area contributed by atoms with Crippen molar-refractivity contribution in [2.24, 2.45) is 13.0 Å². The molecule has 0 saturated heterocycles. The van der Waals surface area contributed by atoms with E-state index >= 15 is 0 Å². The van der Waals surface area contributed by atoms with Gasteiger partial charge in [-0.1, -0.05) is 13.8 Å². The number of hydrogen-bond acceptors (Lipinski definition) is 3. The van der Waals surface area contributed by atoms with Gasteiger partial charge in [0.1, 0.15) is 6.33 Å². The normalized spacial score (nSPS) is 10.5. The van der Waals surface area contributed by atoms with Crippen molar-refractivity contribution in [1.29, 1.82) is 0 Å². The number of nitrogens with one attached hydrogen (secondary N) is 1. The Morgan fingerprint density at radius 1 is 1.69 bits per heavy atom. The van der Waals surface area contributed by atoms with Gasteiger partial charge in [-0.15, -0.1) is 0 Å². The second kappa shape index (κ2) is 4.02. The highest BCUT2D eigenvalue weighted by atomic mass is 16.1. The fraction of sp³-hybridized carbons (Fsp3) is 0.625. The minimum Gasteiger partial charge on any atom is -0.349 e. The van der Waals surface area contributed by atoms with Crippen molar-refractivity contribution < 1.29 is 4.79 Å². The van der Waals surface area contributed by atoms with E-state index in [0.29, 0.717) is 12.4 Å². The first kappa shape index (κ1) is 9.70. The lowest BCUT2D eigenvalue weighted by Crippen LogP contribution is -2.27. The second-order valence-corrected chi connectivity index (χ2v) is 3.21. The van der Waals surface area contributed by atoms with Crippen LogP contribution in [0, 0.1) is 5.92 Å². The van der Waals surface area contributed by atoms with E-state index in [1.807, 2.05) is 13.8 Å². The largest absolute Gasteiger partial charge is 0.349 e. The minimum absolute atomic E-state index is 0.00344. The van der Waals surface area contributed by atoms with Crippen molar-refractivity contribution >= 4 is 5.91 Å². The quantitative estimate of drug-likeness (QED) is 0.720. The molecule has 0 saturated carbocycles. The summed E-state index contributed by atoms with van der Waals surface area (Å²) in [5.74, 6) is 0.660.